The smallest absolute Gasteiger partial charge is 0.270 e. The Bertz CT molecular complexity index is 462. The summed E-state index contributed by atoms with van der Waals surface area (Å²) in [4.78, 5) is 0. The van der Waals surface area contributed by atoms with Crippen molar-refractivity contribution in [2.75, 3.05) is 11.8 Å². The zero-order valence-corrected chi connectivity index (χ0v) is 8.30. The first-order valence-electron chi connectivity index (χ1n) is 3.79. The largest absolute Gasteiger partial charge is 0.298 e. The zero-order valence-electron chi connectivity index (χ0n) is 7.48. The number of hydrogen-bond acceptors (Lipinski definition) is 3. The number of hydrogen-bond donors (Lipinski definition) is 2. The van der Waals surface area contributed by atoms with Crippen LogP contribution < -0.4 is 9.44 Å². The molecule has 1 aromatic carbocycles. The third-order valence-electron chi connectivity index (χ3n) is 1.56. The summed E-state index contributed by atoms with van der Waals surface area (Å²) in [5, 5.41) is 8.68. The molecule has 0 bridgehead atoms. The van der Waals surface area contributed by atoms with Gasteiger partial charge in [0.2, 0.25) is 0 Å². The van der Waals surface area contributed by atoms with Crippen LogP contribution in [0.1, 0.15) is 5.56 Å². The molecular formula is C8H9N3O2S. The van der Waals surface area contributed by atoms with Crippen LogP contribution in [0.4, 0.5) is 5.69 Å². The van der Waals surface area contributed by atoms with E-state index in [0.29, 0.717) is 0 Å². The number of benzene rings is 1. The second-order valence-corrected chi connectivity index (χ2v) is 4.09. The van der Waals surface area contributed by atoms with Crippen LogP contribution in [0.25, 0.3) is 0 Å². The third kappa shape index (κ3) is 2.45. The predicted octanol–water partition coefficient (Wildman–Crippen LogP) is 0.434. The Kier molecular flexibility index (Phi) is 3.06. The minimum atomic E-state index is -3.56. The maximum absolute atomic E-state index is 11.1. The van der Waals surface area contributed by atoms with Gasteiger partial charge in [-0.25, -0.2) is 4.72 Å². The lowest BCUT2D eigenvalue weighted by Crippen LogP contribution is -2.26. The van der Waals surface area contributed by atoms with Gasteiger partial charge in [-0.05, 0) is 12.1 Å². The normalized spacial score (nSPS) is 10.6. The molecule has 0 unspecified atom stereocenters. The van der Waals surface area contributed by atoms with Gasteiger partial charge in [0.05, 0.1) is 11.3 Å². The molecule has 74 valence electrons. The summed E-state index contributed by atoms with van der Waals surface area (Å²) >= 11 is 0. The maximum atomic E-state index is 11.1. The number of anilines is 1. The molecule has 0 spiro atoms. The van der Waals surface area contributed by atoms with Gasteiger partial charge in [0, 0.05) is 7.05 Å². The molecule has 0 saturated carbocycles. The Morgan fingerprint density at radius 1 is 1.36 bits per heavy atom. The van der Waals surface area contributed by atoms with E-state index in [0.717, 1.165) is 0 Å². The van der Waals surface area contributed by atoms with E-state index >= 15 is 0 Å². The van der Waals surface area contributed by atoms with Crippen molar-refractivity contribution in [2.24, 2.45) is 0 Å². The molecule has 0 aliphatic carbocycles. The molecule has 5 nitrogen and oxygen atoms in total. The van der Waals surface area contributed by atoms with Crippen LogP contribution in [-0.2, 0) is 10.2 Å². The number of rotatable bonds is 3. The van der Waals surface area contributed by atoms with E-state index in [2.05, 4.69) is 9.44 Å². The molecule has 14 heavy (non-hydrogen) atoms. The summed E-state index contributed by atoms with van der Waals surface area (Å²) in [6.07, 6.45) is 0. The first kappa shape index (κ1) is 10.5. The molecule has 0 aliphatic heterocycles. The molecule has 0 aromatic heterocycles. The lowest BCUT2D eigenvalue weighted by Gasteiger charge is -2.06. The lowest BCUT2D eigenvalue weighted by atomic mass is 10.2. The Balaban J connectivity index is 3.05. The highest BCUT2D eigenvalue weighted by Crippen LogP contribution is 2.14. The summed E-state index contributed by atoms with van der Waals surface area (Å²) in [6, 6.07) is 8.25. The summed E-state index contributed by atoms with van der Waals surface area (Å²) in [5.41, 5.74) is 0.552. The van der Waals surface area contributed by atoms with Gasteiger partial charge in [0.25, 0.3) is 10.2 Å². The van der Waals surface area contributed by atoms with Crippen molar-refractivity contribution >= 4 is 15.9 Å². The second-order valence-electron chi connectivity index (χ2n) is 2.47. The Morgan fingerprint density at radius 3 is 2.57 bits per heavy atom. The molecule has 0 fully saturated rings. The van der Waals surface area contributed by atoms with Gasteiger partial charge in [0.15, 0.2) is 0 Å². The summed E-state index contributed by atoms with van der Waals surface area (Å²) in [7, 11) is -2.27. The quantitative estimate of drug-likeness (QED) is 0.760. The molecule has 0 radical (unpaired) electrons. The van der Waals surface area contributed by atoms with E-state index in [4.69, 9.17) is 5.26 Å². The van der Waals surface area contributed by atoms with Gasteiger partial charge in [-0.15, -0.1) is 0 Å². The summed E-state index contributed by atoms with van der Waals surface area (Å²) < 4.78 is 26.5. The fourth-order valence-electron chi connectivity index (χ4n) is 0.865. The number of nitrogens with zero attached hydrogens (tertiary/aromatic N) is 1. The van der Waals surface area contributed by atoms with Crippen LogP contribution in [0.3, 0.4) is 0 Å². The molecule has 2 N–H and O–H groups in total. The van der Waals surface area contributed by atoms with Crippen molar-refractivity contribution in [3.05, 3.63) is 29.8 Å². The molecule has 0 aliphatic rings. The highest BCUT2D eigenvalue weighted by atomic mass is 32.2. The Morgan fingerprint density at radius 2 is 2.00 bits per heavy atom. The highest BCUT2D eigenvalue weighted by Gasteiger charge is 2.08. The van der Waals surface area contributed by atoms with Crippen molar-refractivity contribution in [1.29, 1.82) is 5.26 Å². The molecule has 0 heterocycles. The highest BCUT2D eigenvalue weighted by molar-refractivity contribution is 7.90. The van der Waals surface area contributed by atoms with Crippen LogP contribution in [0.15, 0.2) is 24.3 Å². The van der Waals surface area contributed by atoms with Crippen LogP contribution in [0, 0.1) is 11.3 Å². The molecular weight excluding hydrogens is 202 g/mol. The van der Waals surface area contributed by atoms with Gasteiger partial charge in [-0.1, -0.05) is 12.1 Å². The van der Waals surface area contributed by atoms with Gasteiger partial charge in [-0.2, -0.15) is 13.7 Å². The van der Waals surface area contributed by atoms with Gasteiger partial charge >= 0.3 is 0 Å². The average Bonchev–Trinajstić information content (AvgIpc) is 2.18. The standard InChI is InChI=1S/C8H9N3O2S/c1-10-14(12,13)11-8-5-3-2-4-7(8)6-9/h2-5,10-11H,1H3. The van der Waals surface area contributed by atoms with Crippen LogP contribution in [-0.4, -0.2) is 15.5 Å². The van der Waals surface area contributed by atoms with Crippen LogP contribution in [0.2, 0.25) is 0 Å². The molecule has 0 atom stereocenters. The first-order valence-corrected chi connectivity index (χ1v) is 5.28. The van der Waals surface area contributed by atoms with E-state index < -0.39 is 10.2 Å². The van der Waals surface area contributed by atoms with E-state index in [1.54, 1.807) is 12.1 Å². The van der Waals surface area contributed by atoms with Crippen molar-refractivity contribution < 1.29 is 8.42 Å². The fraction of sp³-hybridized carbons (Fsp3) is 0.125. The Hall–Kier alpha value is -1.58. The molecule has 6 heteroatoms. The maximum Gasteiger partial charge on any atom is 0.298 e. The minimum absolute atomic E-state index is 0.268. The molecule has 1 aromatic rings. The van der Waals surface area contributed by atoms with Crippen LogP contribution in [0.5, 0.6) is 0 Å². The van der Waals surface area contributed by atoms with Crippen molar-refractivity contribution in [1.82, 2.24) is 4.72 Å². The molecule has 0 saturated heterocycles. The van der Waals surface area contributed by atoms with Gasteiger partial charge in [0.1, 0.15) is 6.07 Å². The zero-order chi connectivity index (χ0) is 10.6. The first-order chi connectivity index (χ1) is 6.59. The topological polar surface area (TPSA) is 82.0 Å². The molecule has 0 amide bonds. The summed E-state index contributed by atoms with van der Waals surface area (Å²) in [6.45, 7) is 0. The number of nitriles is 1. The SMILES string of the molecule is CNS(=O)(=O)Nc1ccccc1C#N. The van der Waals surface area contributed by atoms with E-state index in [9.17, 15) is 8.42 Å². The predicted molar refractivity (Wildman–Crippen MR) is 52.8 cm³/mol. The lowest BCUT2D eigenvalue weighted by molar-refractivity contribution is 0.593. The Labute approximate surface area is 82.5 Å². The van der Waals surface area contributed by atoms with Crippen molar-refractivity contribution in [3.8, 4) is 6.07 Å². The van der Waals surface area contributed by atoms with Gasteiger partial charge in [-0.3, -0.25) is 4.72 Å². The van der Waals surface area contributed by atoms with Gasteiger partial charge < -0.3 is 0 Å². The van der Waals surface area contributed by atoms with Crippen LogP contribution >= 0.6 is 0 Å². The van der Waals surface area contributed by atoms with E-state index in [1.165, 1.54) is 19.2 Å². The van der Waals surface area contributed by atoms with Crippen molar-refractivity contribution in [2.45, 2.75) is 0 Å². The average molecular weight is 211 g/mol. The third-order valence-corrected chi connectivity index (χ3v) is 2.59. The second kappa shape index (κ2) is 4.09. The minimum Gasteiger partial charge on any atom is -0.270 e. The number of nitrogens with one attached hydrogen (secondary N) is 2. The summed E-state index contributed by atoms with van der Waals surface area (Å²) in [5.74, 6) is 0. The van der Waals surface area contributed by atoms with E-state index in [1.807, 2.05) is 6.07 Å². The molecule has 1 rings (SSSR count). The number of para-hydroxylation sites is 1. The monoisotopic (exact) mass is 211 g/mol. The van der Waals surface area contributed by atoms with Crippen molar-refractivity contribution in [3.63, 3.8) is 0 Å². The van der Waals surface area contributed by atoms with E-state index in [-0.39, 0.29) is 11.3 Å². The fourth-order valence-corrected chi connectivity index (χ4v) is 1.43.